The van der Waals surface area contributed by atoms with Crippen LogP contribution in [0.3, 0.4) is 0 Å². The molecule has 0 N–H and O–H groups in total. The molecule has 0 aromatic heterocycles. The molecule has 0 spiro atoms. The molecule has 0 aliphatic carbocycles. The number of hydrogen-bond acceptors (Lipinski definition) is 3. The summed E-state index contributed by atoms with van der Waals surface area (Å²) in [5.41, 5.74) is 2.09. The van der Waals surface area contributed by atoms with Crippen LogP contribution in [0.4, 0.5) is 0 Å². The van der Waals surface area contributed by atoms with Crippen molar-refractivity contribution >= 4 is 5.78 Å². The van der Waals surface area contributed by atoms with Crippen LogP contribution in [0, 0.1) is 0 Å². The second-order valence-corrected chi connectivity index (χ2v) is 6.37. The largest absolute Gasteiger partial charge is 0.308 e. The minimum atomic E-state index is 0.206. The Bertz CT molecular complexity index is 437. The average molecular weight is 290 g/mol. The van der Waals surface area contributed by atoms with E-state index in [0.29, 0.717) is 18.5 Å². The van der Waals surface area contributed by atoms with Gasteiger partial charge in [0.1, 0.15) is 0 Å². The van der Waals surface area contributed by atoms with Crippen LogP contribution in [0.15, 0.2) is 24.3 Å². The highest BCUT2D eigenvalue weighted by Crippen LogP contribution is 2.15. The van der Waals surface area contributed by atoms with Gasteiger partial charge in [0.05, 0.1) is 6.54 Å². The smallest absolute Gasteiger partial charge is 0.176 e. The summed E-state index contributed by atoms with van der Waals surface area (Å²) in [6, 6.07) is 8.43. The topological polar surface area (TPSA) is 23.6 Å². The number of rotatable bonds is 8. The van der Waals surface area contributed by atoms with Crippen molar-refractivity contribution in [2.75, 3.05) is 33.7 Å². The monoisotopic (exact) mass is 290 g/mol. The van der Waals surface area contributed by atoms with E-state index in [9.17, 15) is 4.79 Å². The second-order valence-electron chi connectivity index (χ2n) is 6.37. The van der Waals surface area contributed by atoms with E-state index in [1.807, 2.05) is 12.1 Å². The minimum absolute atomic E-state index is 0.206. The fraction of sp³-hybridized carbons (Fsp3) is 0.611. The van der Waals surface area contributed by atoms with Gasteiger partial charge in [0, 0.05) is 18.2 Å². The molecule has 0 aliphatic rings. The summed E-state index contributed by atoms with van der Waals surface area (Å²) >= 11 is 0. The highest BCUT2D eigenvalue weighted by atomic mass is 16.1. The summed E-state index contributed by atoms with van der Waals surface area (Å²) in [5.74, 6) is 0.708. The molecule has 0 aliphatic heterocycles. The molecule has 0 amide bonds. The van der Waals surface area contributed by atoms with Gasteiger partial charge in [-0.2, -0.15) is 0 Å². The van der Waals surface area contributed by atoms with Crippen molar-refractivity contribution in [1.82, 2.24) is 9.80 Å². The Balaban J connectivity index is 2.69. The summed E-state index contributed by atoms with van der Waals surface area (Å²) in [7, 11) is 4.13. The van der Waals surface area contributed by atoms with Crippen LogP contribution >= 0.6 is 0 Å². The van der Waals surface area contributed by atoms with Crippen LogP contribution < -0.4 is 0 Å². The molecule has 1 atom stereocenters. The molecule has 0 heterocycles. The average Bonchev–Trinajstić information content (AvgIpc) is 2.43. The third-order valence-corrected chi connectivity index (χ3v) is 3.90. The Labute approximate surface area is 129 Å². The Morgan fingerprint density at radius 2 is 1.67 bits per heavy atom. The van der Waals surface area contributed by atoms with Gasteiger partial charge in [-0.15, -0.1) is 0 Å². The molecule has 1 aromatic rings. The van der Waals surface area contributed by atoms with E-state index in [2.05, 4.69) is 63.7 Å². The number of benzene rings is 1. The lowest BCUT2D eigenvalue weighted by atomic mass is 10.0. The first-order valence-corrected chi connectivity index (χ1v) is 7.87. The maximum absolute atomic E-state index is 12.4. The summed E-state index contributed by atoms with van der Waals surface area (Å²) in [5, 5.41) is 0. The first-order valence-electron chi connectivity index (χ1n) is 7.87. The lowest BCUT2D eigenvalue weighted by Gasteiger charge is -2.29. The number of likely N-dealkylation sites (N-methyl/N-ethyl adjacent to an activating group) is 2. The predicted molar refractivity (Wildman–Crippen MR) is 90.1 cm³/mol. The van der Waals surface area contributed by atoms with Crippen LogP contribution in [-0.2, 0) is 0 Å². The minimum Gasteiger partial charge on any atom is -0.308 e. The molecule has 0 saturated heterocycles. The number of carbonyl (C=O) groups excluding carboxylic acids is 1. The van der Waals surface area contributed by atoms with E-state index in [-0.39, 0.29) is 5.78 Å². The quantitative estimate of drug-likeness (QED) is 0.687. The zero-order valence-corrected chi connectivity index (χ0v) is 14.4. The summed E-state index contributed by atoms with van der Waals surface area (Å²) in [6.45, 7) is 11.0. The highest BCUT2D eigenvalue weighted by Gasteiger charge is 2.17. The molecule has 118 valence electrons. The summed E-state index contributed by atoms with van der Waals surface area (Å²) in [4.78, 5) is 16.8. The van der Waals surface area contributed by atoms with Gasteiger partial charge in [-0.3, -0.25) is 9.69 Å². The van der Waals surface area contributed by atoms with Crippen molar-refractivity contribution in [3.63, 3.8) is 0 Å². The number of Topliss-reactive ketones (excluding diaryl/α,β-unsaturated/α-hetero) is 1. The van der Waals surface area contributed by atoms with Crippen molar-refractivity contribution in [1.29, 1.82) is 0 Å². The molecular weight excluding hydrogens is 260 g/mol. The van der Waals surface area contributed by atoms with Crippen molar-refractivity contribution < 1.29 is 4.79 Å². The molecule has 1 aromatic carbocycles. The van der Waals surface area contributed by atoms with E-state index < -0.39 is 0 Å². The van der Waals surface area contributed by atoms with Gasteiger partial charge in [0.25, 0.3) is 0 Å². The van der Waals surface area contributed by atoms with Gasteiger partial charge in [-0.25, -0.2) is 0 Å². The highest BCUT2D eigenvalue weighted by molar-refractivity contribution is 5.97. The molecule has 0 saturated carbocycles. The SMILES string of the molecule is CCN(CC(=O)c1ccc(C(C)C)cc1)C(C)CN(C)C. The summed E-state index contributed by atoms with van der Waals surface area (Å²) in [6.07, 6.45) is 0. The van der Waals surface area contributed by atoms with Crippen LogP contribution in [-0.4, -0.2) is 55.4 Å². The fourth-order valence-electron chi connectivity index (χ4n) is 2.55. The van der Waals surface area contributed by atoms with Gasteiger partial charge in [-0.1, -0.05) is 45.0 Å². The molecule has 21 heavy (non-hydrogen) atoms. The van der Waals surface area contributed by atoms with E-state index in [1.165, 1.54) is 5.56 Å². The normalized spacial score (nSPS) is 13.2. The van der Waals surface area contributed by atoms with Crippen molar-refractivity contribution in [3.8, 4) is 0 Å². The standard InChI is InChI=1S/C18H30N2O/c1-7-20(15(4)12-19(5)6)13-18(21)17-10-8-16(9-11-17)14(2)3/h8-11,14-15H,7,12-13H2,1-6H3. The lowest BCUT2D eigenvalue weighted by molar-refractivity contribution is 0.0888. The first kappa shape index (κ1) is 17.9. The first-order chi connectivity index (χ1) is 9.85. The Morgan fingerprint density at radius 1 is 1.10 bits per heavy atom. The van der Waals surface area contributed by atoms with E-state index in [0.717, 1.165) is 18.7 Å². The van der Waals surface area contributed by atoms with Gasteiger partial charge in [0.2, 0.25) is 0 Å². The van der Waals surface area contributed by atoms with Crippen molar-refractivity contribution in [2.45, 2.75) is 39.7 Å². The van der Waals surface area contributed by atoms with E-state index in [4.69, 9.17) is 0 Å². The molecular formula is C18H30N2O. The molecule has 3 heteroatoms. The lowest BCUT2D eigenvalue weighted by Crippen LogP contribution is -2.42. The molecule has 0 radical (unpaired) electrons. The van der Waals surface area contributed by atoms with Gasteiger partial charge in [-0.05, 0) is 39.0 Å². The van der Waals surface area contributed by atoms with Crippen LogP contribution in [0.25, 0.3) is 0 Å². The Morgan fingerprint density at radius 3 is 2.10 bits per heavy atom. The predicted octanol–water partition coefficient (Wildman–Crippen LogP) is 3.26. The maximum atomic E-state index is 12.4. The van der Waals surface area contributed by atoms with Gasteiger partial charge in [0.15, 0.2) is 5.78 Å². The Hall–Kier alpha value is -1.19. The summed E-state index contributed by atoms with van der Waals surface area (Å²) < 4.78 is 0. The third-order valence-electron chi connectivity index (χ3n) is 3.90. The number of hydrogen-bond donors (Lipinski definition) is 0. The number of carbonyl (C=O) groups is 1. The van der Waals surface area contributed by atoms with Crippen molar-refractivity contribution in [3.05, 3.63) is 35.4 Å². The zero-order valence-electron chi connectivity index (χ0n) is 14.4. The number of nitrogens with zero attached hydrogens (tertiary/aromatic N) is 2. The molecule has 3 nitrogen and oxygen atoms in total. The van der Waals surface area contributed by atoms with Gasteiger partial charge < -0.3 is 4.90 Å². The van der Waals surface area contributed by atoms with Crippen LogP contribution in [0.5, 0.6) is 0 Å². The van der Waals surface area contributed by atoms with E-state index >= 15 is 0 Å². The van der Waals surface area contributed by atoms with Crippen LogP contribution in [0.2, 0.25) is 0 Å². The van der Waals surface area contributed by atoms with Crippen molar-refractivity contribution in [2.24, 2.45) is 0 Å². The van der Waals surface area contributed by atoms with Crippen LogP contribution in [0.1, 0.15) is 49.5 Å². The number of ketones is 1. The van der Waals surface area contributed by atoms with E-state index in [1.54, 1.807) is 0 Å². The van der Waals surface area contributed by atoms with Gasteiger partial charge >= 0.3 is 0 Å². The fourth-order valence-corrected chi connectivity index (χ4v) is 2.55. The third kappa shape index (κ3) is 5.60. The Kier molecular flexibility index (Phi) is 7.06. The molecule has 1 unspecified atom stereocenters. The molecule has 0 fully saturated rings. The molecule has 0 bridgehead atoms. The maximum Gasteiger partial charge on any atom is 0.176 e. The molecule has 1 rings (SSSR count). The second kappa shape index (κ2) is 8.30. The zero-order chi connectivity index (χ0) is 16.0.